The molecule has 0 saturated heterocycles. The lowest BCUT2D eigenvalue weighted by atomic mass is 9.71. The highest BCUT2D eigenvalue weighted by Crippen LogP contribution is 2.48. The molecule has 0 saturated carbocycles. The molecule has 1 heteroatoms. The van der Waals surface area contributed by atoms with Crippen molar-refractivity contribution >= 4 is 5.69 Å². The van der Waals surface area contributed by atoms with E-state index < -0.39 is 0 Å². The monoisotopic (exact) mass is 409 g/mol. The van der Waals surface area contributed by atoms with Gasteiger partial charge in [0.25, 0.3) is 0 Å². The first kappa shape index (κ1) is 21.4. The van der Waals surface area contributed by atoms with E-state index in [1.807, 2.05) is 0 Å². The van der Waals surface area contributed by atoms with E-state index in [4.69, 9.17) is 0 Å². The van der Waals surface area contributed by atoms with E-state index in [1.54, 1.807) is 0 Å². The third-order valence-electron chi connectivity index (χ3n) is 6.56. The quantitative estimate of drug-likeness (QED) is 0.416. The van der Waals surface area contributed by atoms with Crippen molar-refractivity contribution in [2.45, 2.75) is 52.9 Å². The Morgan fingerprint density at radius 1 is 0.871 bits per heavy atom. The topological polar surface area (TPSA) is 3.24 Å². The highest BCUT2D eigenvalue weighted by Gasteiger charge is 2.35. The zero-order chi connectivity index (χ0) is 22.0. The van der Waals surface area contributed by atoms with Gasteiger partial charge in [-0.3, -0.25) is 0 Å². The largest absolute Gasteiger partial charge is 0.346 e. The van der Waals surface area contributed by atoms with Gasteiger partial charge in [-0.15, -0.1) is 0 Å². The van der Waals surface area contributed by atoms with Gasteiger partial charge in [-0.1, -0.05) is 100 Å². The smallest absolute Gasteiger partial charge is 0.0479 e. The van der Waals surface area contributed by atoms with Gasteiger partial charge in [0.05, 0.1) is 0 Å². The summed E-state index contributed by atoms with van der Waals surface area (Å²) >= 11 is 0. The van der Waals surface area contributed by atoms with Gasteiger partial charge in [0.2, 0.25) is 0 Å². The molecule has 0 bridgehead atoms. The van der Waals surface area contributed by atoms with E-state index in [1.165, 1.54) is 39.9 Å². The van der Waals surface area contributed by atoms with E-state index in [-0.39, 0.29) is 5.41 Å². The highest BCUT2D eigenvalue weighted by atomic mass is 15.1. The van der Waals surface area contributed by atoms with Crippen LogP contribution in [-0.4, -0.2) is 6.54 Å². The van der Waals surface area contributed by atoms with Crippen molar-refractivity contribution < 1.29 is 0 Å². The second-order valence-corrected chi connectivity index (χ2v) is 10.1. The van der Waals surface area contributed by atoms with Crippen LogP contribution >= 0.6 is 0 Å². The second-order valence-electron chi connectivity index (χ2n) is 10.1. The van der Waals surface area contributed by atoms with E-state index >= 15 is 0 Å². The molecule has 0 aromatic heterocycles. The molecule has 1 nitrogen and oxygen atoms in total. The van der Waals surface area contributed by atoms with Gasteiger partial charge in [-0.05, 0) is 65.3 Å². The van der Waals surface area contributed by atoms with Crippen LogP contribution in [0.1, 0.15) is 67.9 Å². The fraction of sp³-hybridized carbons (Fsp3) is 0.333. The molecule has 0 fully saturated rings. The molecule has 0 amide bonds. The summed E-state index contributed by atoms with van der Waals surface area (Å²) in [5, 5.41) is 0. The Kier molecular flexibility index (Phi) is 6.05. The van der Waals surface area contributed by atoms with Crippen molar-refractivity contribution in [1.29, 1.82) is 0 Å². The molecular weight excluding hydrogens is 374 g/mol. The summed E-state index contributed by atoms with van der Waals surface area (Å²) in [4.78, 5) is 2.46. The lowest BCUT2D eigenvalue weighted by molar-refractivity contribution is 0.300. The minimum atomic E-state index is 0.227. The first-order valence-electron chi connectivity index (χ1n) is 11.5. The summed E-state index contributed by atoms with van der Waals surface area (Å²) in [5.41, 5.74) is 9.83. The molecule has 31 heavy (non-hydrogen) atoms. The number of fused-ring (bicyclic) bond motifs is 1. The summed E-state index contributed by atoms with van der Waals surface area (Å²) in [6.07, 6.45) is 3.09. The molecule has 0 N–H and O–H groups in total. The van der Waals surface area contributed by atoms with Gasteiger partial charge in [-0.2, -0.15) is 0 Å². The standard InChI is InChI=1S/C30H35N/c1-22(2)31-17-16-28(30(3,4)5)27-21-25(18-23-12-8-6-9-13-23)20-26(29(27)31)19-24-14-10-7-11-15-24/h6-15,20-21,28H,1,16-19H2,2-5H3. The Balaban J connectivity index is 1.88. The average molecular weight is 410 g/mol. The van der Waals surface area contributed by atoms with Crippen LogP contribution in [0.2, 0.25) is 0 Å². The molecule has 0 aliphatic carbocycles. The number of rotatable bonds is 5. The van der Waals surface area contributed by atoms with Crippen molar-refractivity contribution in [2.24, 2.45) is 5.41 Å². The molecule has 4 rings (SSSR count). The Morgan fingerprint density at radius 2 is 1.45 bits per heavy atom. The van der Waals surface area contributed by atoms with Crippen molar-refractivity contribution in [3.8, 4) is 0 Å². The zero-order valence-corrected chi connectivity index (χ0v) is 19.5. The fourth-order valence-electron chi connectivity index (χ4n) is 5.07. The van der Waals surface area contributed by atoms with E-state index in [0.717, 1.165) is 25.1 Å². The van der Waals surface area contributed by atoms with Crippen LogP contribution in [0.4, 0.5) is 5.69 Å². The van der Waals surface area contributed by atoms with Crippen LogP contribution in [0.3, 0.4) is 0 Å². The first-order valence-corrected chi connectivity index (χ1v) is 11.5. The Bertz CT molecular complexity index is 1040. The van der Waals surface area contributed by atoms with E-state index in [9.17, 15) is 0 Å². The maximum Gasteiger partial charge on any atom is 0.0479 e. The normalized spacial score (nSPS) is 16.1. The van der Waals surface area contributed by atoms with Crippen LogP contribution in [0, 0.1) is 5.41 Å². The number of hydrogen-bond donors (Lipinski definition) is 0. The highest BCUT2D eigenvalue weighted by molar-refractivity contribution is 5.68. The summed E-state index contributed by atoms with van der Waals surface area (Å²) in [7, 11) is 0. The SMILES string of the molecule is C=C(C)N1CCC(C(C)(C)C)c2cc(Cc3ccccc3)cc(Cc3ccccc3)c21. The molecule has 1 aliphatic heterocycles. The third kappa shape index (κ3) is 4.77. The molecule has 1 aliphatic rings. The van der Waals surface area contributed by atoms with E-state index in [2.05, 4.69) is 112 Å². The summed E-state index contributed by atoms with van der Waals surface area (Å²) < 4.78 is 0. The second kappa shape index (κ2) is 8.75. The number of anilines is 1. The summed E-state index contributed by atoms with van der Waals surface area (Å²) in [5.74, 6) is 0.545. The number of benzene rings is 3. The van der Waals surface area contributed by atoms with E-state index in [0.29, 0.717) is 5.92 Å². The van der Waals surface area contributed by atoms with Crippen LogP contribution < -0.4 is 4.90 Å². The van der Waals surface area contributed by atoms with Crippen LogP contribution in [0.15, 0.2) is 85.1 Å². The van der Waals surface area contributed by atoms with Gasteiger partial charge >= 0.3 is 0 Å². The van der Waals surface area contributed by atoms with Gasteiger partial charge in [-0.25, -0.2) is 0 Å². The number of allylic oxidation sites excluding steroid dienone is 1. The summed E-state index contributed by atoms with van der Waals surface area (Å²) in [6, 6.07) is 26.6. The van der Waals surface area contributed by atoms with Crippen molar-refractivity contribution in [2.75, 3.05) is 11.4 Å². The molecule has 3 aromatic rings. The van der Waals surface area contributed by atoms with Gasteiger partial charge in [0, 0.05) is 17.9 Å². The Labute approximate surface area is 188 Å². The molecule has 0 spiro atoms. The molecule has 3 aromatic carbocycles. The fourth-order valence-corrected chi connectivity index (χ4v) is 5.07. The number of hydrogen-bond acceptors (Lipinski definition) is 1. The summed E-state index contributed by atoms with van der Waals surface area (Å²) in [6.45, 7) is 14.7. The molecule has 1 heterocycles. The van der Waals surface area contributed by atoms with Gasteiger partial charge in [0.15, 0.2) is 0 Å². The minimum Gasteiger partial charge on any atom is -0.346 e. The molecule has 1 atom stereocenters. The van der Waals surface area contributed by atoms with Crippen molar-refractivity contribution in [1.82, 2.24) is 0 Å². The van der Waals surface area contributed by atoms with Crippen LogP contribution in [-0.2, 0) is 12.8 Å². The predicted molar refractivity (Wildman–Crippen MR) is 134 cm³/mol. The molecule has 0 radical (unpaired) electrons. The van der Waals surface area contributed by atoms with Crippen LogP contribution in [0.5, 0.6) is 0 Å². The maximum atomic E-state index is 4.33. The lowest BCUT2D eigenvalue weighted by Gasteiger charge is -2.43. The Hall–Kier alpha value is -2.80. The minimum absolute atomic E-state index is 0.227. The zero-order valence-electron chi connectivity index (χ0n) is 19.5. The van der Waals surface area contributed by atoms with Gasteiger partial charge < -0.3 is 4.90 Å². The Morgan fingerprint density at radius 3 is 2.00 bits per heavy atom. The van der Waals surface area contributed by atoms with Crippen LogP contribution in [0.25, 0.3) is 0 Å². The first-order chi connectivity index (χ1) is 14.8. The third-order valence-corrected chi connectivity index (χ3v) is 6.56. The number of nitrogens with zero attached hydrogens (tertiary/aromatic N) is 1. The predicted octanol–water partition coefficient (Wildman–Crippen LogP) is 7.74. The van der Waals surface area contributed by atoms with Crippen molar-refractivity contribution in [3.63, 3.8) is 0 Å². The van der Waals surface area contributed by atoms with Crippen molar-refractivity contribution in [3.05, 3.63) is 113 Å². The molecule has 1 unspecified atom stereocenters. The molecular formula is C30H35N. The lowest BCUT2D eigenvalue weighted by Crippen LogP contribution is -2.34. The average Bonchev–Trinajstić information content (AvgIpc) is 2.73. The van der Waals surface area contributed by atoms with Gasteiger partial charge in [0.1, 0.15) is 0 Å². The maximum absolute atomic E-state index is 4.33. The molecule has 160 valence electrons.